The lowest BCUT2D eigenvalue weighted by molar-refractivity contribution is 0.593. The van der Waals surface area contributed by atoms with E-state index in [1.54, 1.807) is 18.2 Å². The minimum atomic E-state index is -3.66. The number of fused-ring (bicyclic) bond motifs is 3. The summed E-state index contributed by atoms with van der Waals surface area (Å²) in [6.07, 6.45) is 2.44. The highest BCUT2D eigenvalue weighted by Crippen LogP contribution is 2.39. The van der Waals surface area contributed by atoms with Crippen molar-refractivity contribution in [3.05, 3.63) is 96.1 Å². The summed E-state index contributed by atoms with van der Waals surface area (Å²) in [5.41, 5.74) is 6.54. The molecule has 0 aromatic heterocycles. The summed E-state index contributed by atoms with van der Waals surface area (Å²) >= 11 is 0. The van der Waals surface area contributed by atoms with Crippen molar-refractivity contribution < 1.29 is 8.42 Å². The quantitative estimate of drug-likeness (QED) is 0.463. The molecule has 0 aliphatic heterocycles. The van der Waals surface area contributed by atoms with Crippen LogP contribution in [-0.4, -0.2) is 15.0 Å². The lowest BCUT2D eigenvalue weighted by atomic mass is 10.1. The fourth-order valence-corrected chi connectivity index (χ4v) is 5.01. The maximum atomic E-state index is 13.2. The smallest absolute Gasteiger partial charge is 0.263 e. The molecular weight excluding hydrogens is 354 g/mol. The van der Waals surface area contributed by atoms with Crippen LogP contribution in [0.25, 0.3) is 11.1 Å². The summed E-state index contributed by atoms with van der Waals surface area (Å²) in [4.78, 5) is 0.290. The third-order valence-electron chi connectivity index (χ3n) is 4.97. The summed E-state index contributed by atoms with van der Waals surface area (Å²) in [6, 6.07) is 21.2. The van der Waals surface area contributed by atoms with Crippen LogP contribution in [0, 0.1) is 6.92 Å². The maximum absolute atomic E-state index is 13.2. The van der Waals surface area contributed by atoms with Gasteiger partial charge in [0.15, 0.2) is 0 Å². The van der Waals surface area contributed by atoms with Crippen molar-refractivity contribution in [1.82, 2.24) is 0 Å². The Labute approximate surface area is 160 Å². The molecule has 3 aromatic carbocycles. The number of aryl methyl sites for hydroxylation is 1. The molecule has 27 heavy (non-hydrogen) atoms. The molecule has 4 rings (SSSR count). The Morgan fingerprint density at radius 3 is 2.41 bits per heavy atom. The number of hydrogen-bond acceptors (Lipinski definition) is 2. The molecule has 0 saturated heterocycles. The average molecular weight is 375 g/mol. The fraction of sp³-hybridized carbons (Fsp3) is 0.130. The molecule has 0 radical (unpaired) electrons. The van der Waals surface area contributed by atoms with E-state index in [9.17, 15) is 8.42 Å². The number of hydrogen-bond donors (Lipinski definition) is 0. The molecule has 0 amide bonds. The van der Waals surface area contributed by atoms with E-state index in [0.717, 1.165) is 17.5 Å². The molecule has 136 valence electrons. The molecule has 0 N–H and O–H groups in total. The summed E-state index contributed by atoms with van der Waals surface area (Å²) < 4.78 is 27.9. The first-order chi connectivity index (χ1) is 13.0. The van der Waals surface area contributed by atoms with Crippen LogP contribution < -0.4 is 4.31 Å². The van der Waals surface area contributed by atoms with Gasteiger partial charge < -0.3 is 0 Å². The van der Waals surface area contributed by atoms with E-state index in [4.69, 9.17) is 0 Å². The van der Waals surface area contributed by atoms with Gasteiger partial charge in [0, 0.05) is 0 Å². The van der Waals surface area contributed by atoms with Gasteiger partial charge in [-0.15, -0.1) is 6.58 Å². The predicted octanol–water partition coefficient (Wildman–Crippen LogP) is 4.95. The lowest BCUT2D eigenvalue weighted by Gasteiger charge is -2.24. The van der Waals surface area contributed by atoms with Gasteiger partial charge in [0.25, 0.3) is 10.0 Å². The van der Waals surface area contributed by atoms with Crippen molar-refractivity contribution >= 4 is 15.7 Å². The fourth-order valence-electron chi connectivity index (χ4n) is 3.58. The first-order valence-electron chi connectivity index (χ1n) is 8.92. The summed E-state index contributed by atoms with van der Waals surface area (Å²) in [6.45, 7) is 5.91. The third-order valence-corrected chi connectivity index (χ3v) is 6.78. The van der Waals surface area contributed by atoms with Gasteiger partial charge in [-0.25, -0.2) is 8.42 Å². The zero-order chi connectivity index (χ0) is 19.0. The Bertz CT molecular complexity index is 1120. The van der Waals surface area contributed by atoms with Crippen molar-refractivity contribution in [1.29, 1.82) is 0 Å². The average Bonchev–Trinajstić information content (AvgIpc) is 3.04. The molecule has 0 bridgehead atoms. The minimum absolute atomic E-state index is 0.224. The molecule has 0 atom stereocenters. The SMILES string of the molecule is C=CCN(c1ccc2c(c1)Cc1ccccc1-2)S(=O)(=O)c1ccc(C)cc1. The number of benzene rings is 3. The standard InChI is InChI=1S/C23H21NO2S/c1-3-14-24(27(25,26)21-11-8-17(2)9-12-21)20-10-13-23-19(16-20)15-18-6-4-5-7-22(18)23/h3-13,16H,1,14-15H2,2H3. The van der Waals surface area contributed by atoms with Gasteiger partial charge in [0.2, 0.25) is 0 Å². The first-order valence-corrected chi connectivity index (χ1v) is 10.4. The zero-order valence-corrected chi connectivity index (χ0v) is 16.0. The Balaban J connectivity index is 1.77. The zero-order valence-electron chi connectivity index (χ0n) is 15.2. The van der Waals surface area contributed by atoms with E-state index < -0.39 is 10.0 Å². The van der Waals surface area contributed by atoms with Crippen LogP contribution in [0.15, 0.2) is 84.3 Å². The van der Waals surface area contributed by atoms with E-state index in [0.29, 0.717) is 10.6 Å². The third kappa shape index (κ3) is 3.06. The molecule has 1 aliphatic rings. The van der Waals surface area contributed by atoms with Gasteiger partial charge >= 0.3 is 0 Å². The highest BCUT2D eigenvalue weighted by atomic mass is 32.2. The van der Waals surface area contributed by atoms with Crippen molar-refractivity contribution in [2.75, 3.05) is 10.8 Å². The number of nitrogens with zero attached hydrogens (tertiary/aromatic N) is 1. The number of sulfonamides is 1. The van der Waals surface area contributed by atoms with E-state index in [2.05, 4.69) is 18.7 Å². The Kier molecular flexibility index (Phi) is 4.36. The van der Waals surface area contributed by atoms with E-state index in [1.807, 2.05) is 49.4 Å². The summed E-state index contributed by atoms with van der Waals surface area (Å²) in [5.74, 6) is 0. The molecule has 4 heteroatoms. The highest BCUT2D eigenvalue weighted by Gasteiger charge is 2.26. The van der Waals surface area contributed by atoms with E-state index in [-0.39, 0.29) is 6.54 Å². The highest BCUT2D eigenvalue weighted by molar-refractivity contribution is 7.92. The molecule has 0 fully saturated rings. The van der Waals surface area contributed by atoms with Gasteiger partial charge in [-0.3, -0.25) is 4.31 Å². The van der Waals surface area contributed by atoms with Gasteiger partial charge in [0.05, 0.1) is 17.1 Å². The molecule has 3 aromatic rings. The van der Waals surface area contributed by atoms with Crippen LogP contribution in [0.5, 0.6) is 0 Å². The normalized spacial score (nSPS) is 12.3. The molecule has 0 heterocycles. The topological polar surface area (TPSA) is 37.4 Å². The molecule has 1 aliphatic carbocycles. The molecule has 0 spiro atoms. The van der Waals surface area contributed by atoms with Crippen molar-refractivity contribution in [2.24, 2.45) is 0 Å². The second kappa shape index (κ2) is 6.71. The van der Waals surface area contributed by atoms with Gasteiger partial charge in [-0.05, 0) is 59.9 Å². The minimum Gasteiger partial charge on any atom is -0.263 e. The van der Waals surface area contributed by atoms with Crippen LogP contribution in [0.2, 0.25) is 0 Å². The molecule has 0 unspecified atom stereocenters. The van der Waals surface area contributed by atoms with Gasteiger partial charge in [0.1, 0.15) is 0 Å². The molecule has 0 saturated carbocycles. The Morgan fingerprint density at radius 2 is 1.67 bits per heavy atom. The predicted molar refractivity (Wildman–Crippen MR) is 111 cm³/mol. The molecule has 3 nitrogen and oxygen atoms in total. The number of anilines is 1. The first kappa shape index (κ1) is 17.6. The Hall–Kier alpha value is -2.85. The second-order valence-corrected chi connectivity index (χ2v) is 8.68. The van der Waals surface area contributed by atoms with Crippen molar-refractivity contribution in [3.8, 4) is 11.1 Å². The second-order valence-electron chi connectivity index (χ2n) is 6.81. The lowest BCUT2D eigenvalue weighted by Crippen LogP contribution is -2.31. The van der Waals surface area contributed by atoms with Crippen LogP contribution in [0.1, 0.15) is 16.7 Å². The summed E-state index contributed by atoms with van der Waals surface area (Å²) in [5, 5.41) is 0. The van der Waals surface area contributed by atoms with E-state index >= 15 is 0 Å². The number of rotatable bonds is 5. The monoisotopic (exact) mass is 375 g/mol. The summed E-state index contributed by atoms with van der Waals surface area (Å²) in [7, 11) is -3.66. The maximum Gasteiger partial charge on any atom is 0.264 e. The van der Waals surface area contributed by atoms with Crippen LogP contribution >= 0.6 is 0 Å². The van der Waals surface area contributed by atoms with Crippen LogP contribution in [0.3, 0.4) is 0 Å². The largest absolute Gasteiger partial charge is 0.264 e. The van der Waals surface area contributed by atoms with Gasteiger partial charge in [-0.2, -0.15) is 0 Å². The Morgan fingerprint density at radius 1 is 0.963 bits per heavy atom. The van der Waals surface area contributed by atoms with Crippen LogP contribution in [0.4, 0.5) is 5.69 Å². The van der Waals surface area contributed by atoms with Crippen molar-refractivity contribution in [2.45, 2.75) is 18.2 Å². The molecular formula is C23H21NO2S. The van der Waals surface area contributed by atoms with Crippen molar-refractivity contribution in [3.63, 3.8) is 0 Å². The van der Waals surface area contributed by atoms with E-state index in [1.165, 1.54) is 21.0 Å². The van der Waals surface area contributed by atoms with Gasteiger partial charge in [-0.1, -0.05) is 54.1 Å². The van der Waals surface area contributed by atoms with Crippen LogP contribution in [-0.2, 0) is 16.4 Å².